The van der Waals surface area contributed by atoms with E-state index in [1.165, 1.54) is 7.05 Å². The average Bonchev–Trinajstić information content (AvgIpc) is 2.89. The number of halogens is 3. The zero-order valence-corrected chi connectivity index (χ0v) is 17.3. The van der Waals surface area contributed by atoms with Gasteiger partial charge in [-0.1, -0.05) is 0 Å². The maximum Gasteiger partial charge on any atom is 0.262 e. The van der Waals surface area contributed by atoms with Crippen molar-refractivity contribution in [3.63, 3.8) is 0 Å². The number of hydrogen-bond acceptors (Lipinski definition) is 4. The Morgan fingerprint density at radius 2 is 1.41 bits per heavy atom. The number of imide groups is 1. The highest BCUT2D eigenvalue weighted by molar-refractivity contribution is 9.13. The van der Waals surface area contributed by atoms with Crippen molar-refractivity contribution < 1.29 is 9.59 Å². The van der Waals surface area contributed by atoms with Crippen LogP contribution in [0.1, 0.15) is 31.4 Å². The zero-order valence-electron chi connectivity index (χ0n) is 11.8. The molecule has 22 heavy (non-hydrogen) atoms. The molecule has 2 amide bonds. The number of aromatic nitrogens is 1. The quantitative estimate of drug-likeness (QED) is 0.405. The van der Waals surface area contributed by atoms with E-state index in [0.29, 0.717) is 20.1 Å². The van der Waals surface area contributed by atoms with E-state index < -0.39 is 0 Å². The number of nitrogens with zero attached hydrogens (tertiary/aromatic N) is 2. The van der Waals surface area contributed by atoms with Gasteiger partial charge in [0.1, 0.15) is 0 Å². The summed E-state index contributed by atoms with van der Waals surface area (Å²) in [6, 6.07) is 0. The van der Waals surface area contributed by atoms with Gasteiger partial charge >= 0.3 is 0 Å². The third-order valence-electron chi connectivity index (χ3n) is 3.49. The van der Waals surface area contributed by atoms with Crippen LogP contribution in [0.15, 0.2) is 13.4 Å². The third-order valence-corrected chi connectivity index (χ3v) is 7.49. The first-order valence-corrected chi connectivity index (χ1v) is 9.42. The minimum absolute atomic E-state index is 0.305. The van der Waals surface area contributed by atoms with Gasteiger partial charge < -0.3 is 0 Å². The lowest BCUT2D eigenvalue weighted by Gasteiger charge is -2.12. The van der Waals surface area contributed by atoms with Crippen molar-refractivity contribution in [2.45, 2.75) is 13.8 Å². The third kappa shape index (κ3) is 2.15. The predicted molar refractivity (Wildman–Crippen MR) is 96.5 cm³/mol. The van der Waals surface area contributed by atoms with Crippen LogP contribution in [0.4, 0.5) is 0 Å². The summed E-state index contributed by atoms with van der Waals surface area (Å²) in [5.41, 5.74) is 2.50. The van der Waals surface area contributed by atoms with Gasteiger partial charge in [0.05, 0.1) is 26.7 Å². The molecule has 0 atom stereocenters. The molecule has 114 valence electrons. The average molecular weight is 509 g/mol. The largest absolute Gasteiger partial charge is 0.277 e. The van der Waals surface area contributed by atoms with Gasteiger partial charge in [0, 0.05) is 26.0 Å². The van der Waals surface area contributed by atoms with Crippen molar-refractivity contribution in [2.75, 3.05) is 7.05 Å². The topological polar surface area (TPSA) is 50.3 Å². The first-order chi connectivity index (χ1) is 10.3. The highest BCUT2D eigenvalue weighted by atomic mass is 79.9. The molecule has 0 unspecified atom stereocenters. The van der Waals surface area contributed by atoms with Crippen LogP contribution in [-0.2, 0) is 0 Å². The monoisotopic (exact) mass is 506 g/mol. The summed E-state index contributed by atoms with van der Waals surface area (Å²) in [6.07, 6.45) is 0. The normalized spacial score (nSPS) is 14.0. The second kappa shape index (κ2) is 5.51. The Morgan fingerprint density at radius 3 is 1.91 bits per heavy atom. The molecule has 0 N–H and O–H groups in total. The maximum absolute atomic E-state index is 12.4. The molecule has 1 aromatic carbocycles. The Balaban J connectivity index is 2.42. The fourth-order valence-corrected chi connectivity index (χ4v) is 5.88. The molecule has 2 heterocycles. The Hall–Kier alpha value is -0.570. The molecule has 1 aliphatic heterocycles. The van der Waals surface area contributed by atoms with Crippen molar-refractivity contribution in [3.05, 3.63) is 35.2 Å². The van der Waals surface area contributed by atoms with Crippen LogP contribution in [0, 0.1) is 13.8 Å². The smallest absolute Gasteiger partial charge is 0.262 e. The second-order valence-corrected chi connectivity index (χ2v) is 8.47. The SMILES string of the molecule is Cc1nc(C)c(-c2c(Br)c(Br)c3c(c2Br)C(=O)N(C)C3=O)s1. The number of thiazole rings is 1. The lowest BCUT2D eigenvalue weighted by atomic mass is 10.0. The van der Waals surface area contributed by atoms with Crippen LogP contribution in [-0.4, -0.2) is 28.7 Å². The van der Waals surface area contributed by atoms with Crippen molar-refractivity contribution in [1.82, 2.24) is 9.88 Å². The number of benzene rings is 1. The second-order valence-electron chi connectivity index (χ2n) is 4.88. The maximum atomic E-state index is 12.4. The van der Waals surface area contributed by atoms with E-state index in [1.54, 1.807) is 11.3 Å². The minimum Gasteiger partial charge on any atom is -0.277 e. The molecule has 0 aliphatic carbocycles. The number of amides is 2. The number of rotatable bonds is 1. The highest BCUT2D eigenvalue weighted by Crippen LogP contribution is 2.48. The molecule has 1 aromatic heterocycles. The molecule has 8 heteroatoms. The van der Waals surface area contributed by atoms with Crippen molar-refractivity contribution in [3.8, 4) is 10.4 Å². The van der Waals surface area contributed by atoms with Gasteiger partial charge in [0.2, 0.25) is 0 Å². The first-order valence-electron chi connectivity index (χ1n) is 6.23. The van der Waals surface area contributed by atoms with E-state index in [9.17, 15) is 9.59 Å². The van der Waals surface area contributed by atoms with E-state index in [4.69, 9.17) is 0 Å². The fourth-order valence-electron chi connectivity index (χ4n) is 2.45. The van der Waals surface area contributed by atoms with Crippen LogP contribution in [0.2, 0.25) is 0 Å². The Labute approximate surface area is 156 Å². The number of carbonyl (C=O) groups is 2. The van der Waals surface area contributed by atoms with Gasteiger partial charge in [-0.15, -0.1) is 11.3 Å². The van der Waals surface area contributed by atoms with Gasteiger partial charge in [0.25, 0.3) is 11.8 Å². The van der Waals surface area contributed by atoms with Crippen LogP contribution < -0.4 is 0 Å². The van der Waals surface area contributed by atoms with Crippen molar-refractivity contribution in [2.24, 2.45) is 0 Å². The molecular formula is C14H9Br3N2O2S. The van der Waals surface area contributed by atoms with Gasteiger partial charge in [-0.05, 0) is 61.6 Å². The summed E-state index contributed by atoms with van der Waals surface area (Å²) in [7, 11) is 1.49. The standard InChI is InChI=1S/C14H9Br3N2O2S/c1-4-12(22-5(2)18-4)8-9(15)6-7(10(16)11(8)17)14(21)19(3)13(6)20/h1-3H3. The summed E-state index contributed by atoms with van der Waals surface area (Å²) in [6.45, 7) is 3.87. The minimum atomic E-state index is -0.308. The van der Waals surface area contributed by atoms with Gasteiger partial charge in [-0.2, -0.15) is 0 Å². The highest BCUT2D eigenvalue weighted by Gasteiger charge is 2.39. The fraction of sp³-hybridized carbons (Fsp3) is 0.214. The van der Waals surface area contributed by atoms with Crippen molar-refractivity contribution >= 4 is 70.9 Å². The molecule has 2 aromatic rings. The molecule has 3 rings (SSSR count). The molecule has 0 radical (unpaired) electrons. The summed E-state index contributed by atoms with van der Waals surface area (Å²) in [4.78, 5) is 31.2. The number of fused-ring (bicyclic) bond motifs is 1. The number of carbonyl (C=O) groups excluding carboxylic acids is 2. The molecule has 0 spiro atoms. The lowest BCUT2D eigenvalue weighted by Crippen LogP contribution is -2.24. The van der Waals surface area contributed by atoms with Crippen molar-refractivity contribution in [1.29, 1.82) is 0 Å². The lowest BCUT2D eigenvalue weighted by molar-refractivity contribution is 0.0692. The molecular weight excluding hydrogens is 500 g/mol. The summed E-state index contributed by atoms with van der Waals surface area (Å²) < 4.78 is 1.95. The molecule has 1 aliphatic rings. The summed E-state index contributed by atoms with van der Waals surface area (Å²) in [5.74, 6) is -0.614. The van der Waals surface area contributed by atoms with Crippen LogP contribution in [0.5, 0.6) is 0 Å². The number of aryl methyl sites for hydroxylation is 2. The van der Waals surface area contributed by atoms with E-state index in [0.717, 1.165) is 30.5 Å². The zero-order chi connectivity index (χ0) is 16.3. The Morgan fingerprint density at radius 1 is 0.909 bits per heavy atom. The van der Waals surface area contributed by atoms with Crippen LogP contribution >= 0.6 is 59.1 Å². The molecule has 0 bridgehead atoms. The van der Waals surface area contributed by atoms with Crippen LogP contribution in [0.3, 0.4) is 0 Å². The van der Waals surface area contributed by atoms with E-state index >= 15 is 0 Å². The Kier molecular flexibility index (Phi) is 4.08. The van der Waals surface area contributed by atoms with E-state index in [-0.39, 0.29) is 11.8 Å². The van der Waals surface area contributed by atoms with Gasteiger partial charge in [-0.3, -0.25) is 14.5 Å². The van der Waals surface area contributed by atoms with Gasteiger partial charge in [0.15, 0.2) is 0 Å². The predicted octanol–water partition coefficient (Wildman–Crippen LogP) is 4.94. The van der Waals surface area contributed by atoms with E-state index in [2.05, 4.69) is 52.8 Å². The molecule has 0 saturated heterocycles. The van der Waals surface area contributed by atoms with Crippen LogP contribution in [0.25, 0.3) is 10.4 Å². The molecule has 0 saturated carbocycles. The summed E-state index contributed by atoms with van der Waals surface area (Å²) >= 11 is 12.1. The molecule has 4 nitrogen and oxygen atoms in total. The first kappa shape index (κ1) is 16.3. The summed E-state index contributed by atoms with van der Waals surface area (Å²) in [5, 5.41) is 0.947. The molecule has 0 fully saturated rings. The van der Waals surface area contributed by atoms with E-state index in [1.807, 2.05) is 13.8 Å². The number of hydrogen-bond donors (Lipinski definition) is 0. The Bertz CT molecular complexity index is 861. The van der Waals surface area contributed by atoms with Gasteiger partial charge in [-0.25, -0.2) is 4.98 Å².